The predicted octanol–water partition coefficient (Wildman–Crippen LogP) is 4.53. The zero-order valence-corrected chi connectivity index (χ0v) is 15.2. The Morgan fingerprint density at radius 3 is 2.48 bits per heavy atom. The van der Waals surface area contributed by atoms with Gasteiger partial charge in [0, 0.05) is 40.7 Å². The van der Waals surface area contributed by atoms with E-state index in [0.29, 0.717) is 12.1 Å². The Balaban J connectivity index is 1.39. The third-order valence-electron chi connectivity index (χ3n) is 4.41. The van der Waals surface area contributed by atoms with Gasteiger partial charge in [0.15, 0.2) is 0 Å². The molecule has 2 atom stereocenters. The monoisotopic (exact) mass is 346 g/mol. The summed E-state index contributed by atoms with van der Waals surface area (Å²) in [5, 5.41) is 9.73. The summed E-state index contributed by atoms with van der Waals surface area (Å²) in [6.45, 7) is 2.10. The SMILES string of the molecule is c1ccc(SCCN[C@@H]2CCCC[C@H]2NCc2cccs2)cc1. The molecule has 0 saturated heterocycles. The lowest BCUT2D eigenvalue weighted by atomic mass is 9.90. The van der Waals surface area contributed by atoms with Gasteiger partial charge in [0.2, 0.25) is 0 Å². The van der Waals surface area contributed by atoms with Crippen molar-refractivity contribution in [3.63, 3.8) is 0 Å². The quantitative estimate of drug-likeness (QED) is 0.542. The molecule has 1 fully saturated rings. The van der Waals surface area contributed by atoms with E-state index < -0.39 is 0 Å². The summed E-state index contributed by atoms with van der Waals surface area (Å²) < 4.78 is 0. The highest BCUT2D eigenvalue weighted by molar-refractivity contribution is 7.99. The van der Waals surface area contributed by atoms with Crippen LogP contribution in [-0.2, 0) is 6.54 Å². The van der Waals surface area contributed by atoms with Gasteiger partial charge < -0.3 is 10.6 Å². The van der Waals surface area contributed by atoms with Crippen LogP contribution in [0.1, 0.15) is 30.6 Å². The number of hydrogen-bond donors (Lipinski definition) is 2. The average molecular weight is 347 g/mol. The Labute approximate surface area is 148 Å². The molecule has 0 aliphatic heterocycles. The Kier molecular flexibility index (Phi) is 7.02. The van der Waals surface area contributed by atoms with Crippen molar-refractivity contribution < 1.29 is 0 Å². The minimum absolute atomic E-state index is 0.618. The second-order valence-electron chi connectivity index (χ2n) is 6.07. The first-order valence-corrected chi connectivity index (χ1v) is 10.5. The minimum Gasteiger partial charge on any atom is -0.312 e. The van der Waals surface area contributed by atoms with Crippen molar-refractivity contribution in [3.05, 3.63) is 52.7 Å². The van der Waals surface area contributed by atoms with Gasteiger partial charge in [-0.2, -0.15) is 0 Å². The van der Waals surface area contributed by atoms with Crippen LogP contribution in [0, 0.1) is 0 Å². The van der Waals surface area contributed by atoms with Crippen molar-refractivity contribution in [3.8, 4) is 0 Å². The molecule has 0 spiro atoms. The number of hydrogen-bond acceptors (Lipinski definition) is 4. The molecule has 1 aromatic carbocycles. The minimum atomic E-state index is 0.618. The predicted molar refractivity (Wildman–Crippen MR) is 102 cm³/mol. The van der Waals surface area contributed by atoms with Gasteiger partial charge >= 0.3 is 0 Å². The van der Waals surface area contributed by atoms with E-state index in [-0.39, 0.29) is 0 Å². The van der Waals surface area contributed by atoms with E-state index in [1.165, 1.54) is 35.5 Å². The lowest BCUT2D eigenvalue weighted by Gasteiger charge is -2.33. The van der Waals surface area contributed by atoms with Gasteiger partial charge in [-0.1, -0.05) is 37.1 Å². The van der Waals surface area contributed by atoms with Gasteiger partial charge in [0.05, 0.1) is 0 Å². The van der Waals surface area contributed by atoms with Gasteiger partial charge in [0.1, 0.15) is 0 Å². The van der Waals surface area contributed by atoms with Gasteiger partial charge in [-0.05, 0) is 36.4 Å². The summed E-state index contributed by atoms with van der Waals surface area (Å²) in [6.07, 6.45) is 5.33. The molecule has 2 N–H and O–H groups in total. The normalized spacial score (nSPS) is 21.4. The van der Waals surface area contributed by atoms with Gasteiger partial charge in [-0.3, -0.25) is 0 Å². The van der Waals surface area contributed by atoms with Crippen LogP contribution in [-0.4, -0.2) is 24.4 Å². The second-order valence-corrected chi connectivity index (χ2v) is 8.27. The first-order chi connectivity index (χ1) is 11.4. The third kappa shape index (κ3) is 5.64. The summed E-state index contributed by atoms with van der Waals surface area (Å²) in [4.78, 5) is 2.80. The zero-order valence-electron chi connectivity index (χ0n) is 13.5. The molecule has 23 heavy (non-hydrogen) atoms. The molecule has 1 heterocycles. The van der Waals surface area contributed by atoms with Gasteiger partial charge in [0.25, 0.3) is 0 Å². The number of nitrogens with one attached hydrogen (secondary N) is 2. The van der Waals surface area contributed by atoms with Crippen LogP contribution in [0.2, 0.25) is 0 Å². The number of benzene rings is 1. The maximum atomic E-state index is 3.79. The Bertz CT molecular complexity index is 542. The highest BCUT2D eigenvalue weighted by atomic mass is 32.2. The van der Waals surface area contributed by atoms with Crippen LogP contribution >= 0.6 is 23.1 Å². The van der Waals surface area contributed by atoms with Crippen molar-refractivity contribution in [2.45, 2.75) is 49.2 Å². The zero-order chi connectivity index (χ0) is 15.7. The lowest BCUT2D eigenvalue weighted by Crippen LogP contribution is -2.50. The molecule has 2 nitrogen and oxygen atoms in total. The Morgan fingerprint density at radius 2 is 1.74 bits per heavy atom. The summed E-state index contributed by atoms with van der Waals surface area (Å²) in [7, 11) is 0. The Hall–Kier alpha value is -0.810. The van der Waals surface area contributed by atoms with Gasteiger partial charge in [-0.25, -0.2) is 0 Å². The van der Waals surface area contributed by atoms with Crippen molar-refractivity contribution >= 4 is 23.1 Å². The van der Waals surface area contributed by atoms with E-state index in [1.807, 2.05) is 23.1 Å². The first-order valence-electron chi connectivity index (χ1n) is 8.59. The fraction of sp³-hybridized carbons (Fsp3) is 0.474. The van der Waals surface area contributed by atoms with E-state index in [9.17, 15) is 0 Å². The smallest absolute Gasteiger partial charge is 0.0302 e. The molecule has 0 radical (unpaired) electrons. The van der Waals surface area contributed by atoms with Crippen molar-refractivity contribution in [2.24, 2.45) is 0 Å². The molecule has 1 aromatic heterocycles. The molecule has 1 saturated carbocycles. The fourth-order valence-corrected chi connectivity index (χ4v) is 4.66. The second kappa shape index (κ2) is 9.48. The largest absolute Gasteiger partial charge is 0.312 e. The lowest BCUT2D eigenvalue weighted by molar-refractivity contribution is 0.287. The van der Waals surface area contributed by atoms with Crippen LogP contribution in [0.25, 0.3) is 0 Å². The average Bonchev–Trinajstić information content (AvgIpc) is 3.12. The molecule has 3 rings (SSSR count). The van der Waals surface area contributed by atoms with E-state index in [4.69, 9.17) is 0 Å². The third-order valence-corrected chi connectivity index (χ3v) is 6.30. The van der Waals surface area contributed by atoms with E-state index in [0.717, 1.165) is 18.8 Å². The molecule has 4 heteroatoms. The molecule has 124 valence electrons. The molecular weight excluding hydrogens is 320 g/mol. The van der Waals surface area contributed by atoms with Crippen molar-refractivity contribution in [1.29, 1.82) is 0 Å². The number of thiophene rings is 1. The van der Waals surface area contributed by atoms with Crippen LogP contribution < -0.4 is 10.6 Å². The van der Waals surface area contributed by atoms with Crippen LogP contribution in [0.5, 0.6) is 0 Å². The van der Waals surface area contributed by atoms with Gasteiger partial charge in [-0.15, -0.1) is 23.1 Å². The highest BCUT2D eigenvalue weighted by Gasteiger charge is 2.23. The first kappa shape index (κ1) is 17.0. The fourth-order valence-electron chi connectivity index (χ4n) is 3.19. The number of rotatable bonds is 8. The van der Waals surface area contributed by atoms with Crippen molar-refractivity contribution in [2.75, 3.05) is 12.3 Å². The van der Waals surface area contributed by atoms with E-state index in [2.05, 4.69) is 58.5 Å². The maximum Gasteiger partial charge on any atom is 0.0302 e. The summed E-state index contributed by atoms with van der Waals surface area (Å²) in [6, 6.07) is 16.3. The summed E-state index contributed by atoms with van der Waals surface area (Å²) in [5.41, 5.74) is 0. The van der Waals surface area contributed by atoms with Crippen LogP contribution in [0.4, 0.5) is 0 Å². The topological polar surface area (TPSA) is 24.1 Å². The molecule has 2 aromatic rings. The Morgan fingerprint density at radius 1 is 0.957 bits per heavy atom. The van der Waals surface area contributed by atoms with Crippen LogP contribution in [0.15, 0.2) is 52.7 Å². The van der Waals surface area contributed by atoms with Crippen LogP contribution in [0.3, 0.4) is 0 Å². The molecular formula is C19H26N2S2. The maximum absolute atomic E-state index is 3.79. The number of thioether (sulfide) groups is 1. The summed E-state index contributed by atoms with van der Waals surface area (Å²) in [5.74, 6) is 1.14. The van der Waals surface area contributed by atoms with E-state index in [1.54, 1.807) is 0 Å². The highest BCUT2D eigenvalue weighted by Crippen LogP contribution is 2.20. The molecule has 0 bridgehead atoms. The van der Waals surface area contributed by atoms with Crippen molar-refractivity contribution in [1.82, 2.24) is 10.6 Å². The standard InChI is InChI=1S/C19H26N2S2/c1-2-7-16(8-3-1)23-14-12-20-18-10-4-5-11-19(18)21-15-17-9-6-13-22-17/h1-3,6-9,13,18-21H,4-5,10-12,14-15H2/t18-,19-/m1/s1. The summed E-state index contributed by atoms with van der Waals surface area (Å²) >= 11 is 3.79. The van der Waals surface area contributed by atoms with E-state index >= 15 is 0 Å². The molecule has 0 amide bonds. The molecule has 1 aliphatic carbocycles. The molecule has 0 unspecified atom stereocenters. The molecule has 1 aliphatic rings.